The Labute approximate surface area is 118 Å². The fraction of sp³-hybridized carbons (Fsp3) is 0.500. The van der Waals surface area contributed by atoms with Gasteiger partial charge in [0.2, 0.25) is 0 Å². The summed E-state index contributed by atoms with van der Waals surface area (Å²) in [6.07, 6.45) is 4.78. The van der Waals surface area contributed by atoms with Gasteiger partial charge in [0.25, 0.3) is 5.91 Å². The van der Waals surface area contributed by atoms with E-state index in [-0.39, 0.29) is 11.7 Å². The summed E-state index contributed by atoms with van der Waals surface area (Å²) >= 11 is 0. The highest BCUT2D eigenvalue weighted by Crippen LogP contribution is 2.20. The number of carbonyl (C=O) groups excluding carboxylic acids is 1. The molecule has 2 rings (SSSR count). The second-order valence-corrected chi connectivity index (χ2v) is 5.09. The fourth-order valence-corrected chi connectivity index (χ4v) is 2.47. The van der Waals surface area contributed by atoms with Gasteiger partial charge in [-0.3, -0.25) is 9.78 Å². The van der Waals surface area contributed by atoms with Gasteiger partial charge in [0.05, 0.1) is 0 Å². The Morgan fingerprint density at radius 3 is 3.00 bits per heavy atom. The number of piperidine rings is 1. The molecule has 0 saturated carbocycles. The zero-order valence-corrected chi connectivity index (χ0v) is 11.6. The average Bonchev–Trinajstić information content (AvgIpc) is 2.53. The predicted octanol–water partition coefficient (Wildman–Crippen LogP) is 1.44. The molecule has 6 heteroatoms. The Bertz CT molecular complexity index is 498. The molecule has 1 saturated heterocycles. The van der Waals surface area contributed by atoms with Gasteiger partial charge in [-0.2, -0.15) is 0 Å². The maximum absolute atomic E-state index is 12.4. The van der Waals surface area contributed by atoms with Crippen LogP contribution in [-0.2, 0) is 0 Å². The first-order valence-corrected chi connectivity index (χ1v) is 6.89. The maximum Gasteiger partial charge on any atom is 0.272 e. The van der Waals surface area contributed by atoms with Gasteiger partial charge in [0.1, 0.15) is 5.69 Å². The van der Waals surface area contributed by atoms with Crippen LogP contribution in [0.5, 0.6) is 0 Å². The lowest BCUT2D eigenvalue weighted by Crippen LogP contribution is -2.40. The molecule has 1 aliphatic rings. The molecule has 1 aliphatic heterocycles. The van der Waals surface area contributed by atoms with E-state index in [2.05, 4.69) is 17.1 Å². The van der Waals surface area contributed by atoms with Crippen molar-refractivity contribution in [2.45, 2.75) is 26.2 Å². The summed E-state index contributed by atoms with van der Waals surface area (Å²) in [5.74, 6) is 0.527. The van der Waals surface area contributed by atoms with E-state index in [0.29, 0.717) is 17.2 Å². The number of nitrogens with two attached hydrogens (primary N) is 1. The van der Waals surface area contributed by atoms with Crippen molar-refractivity contribution in [2.24, 2.45) is 16.8 Å². The number of aromatic nitrogens is 1. The van der Waals surface area contributed by atoms with Crippen LogP contribution < -0.4 is 5.73 Å². The van der Waals surface area contributed by atoms with E-state index in [1.807, 2.05) is 4.90 Å². The number of hydrogen-bond donors (Lipinski definition) is 2. The van der Waals surface area contributed by atoms with Crippen molar-refractivity contribution in [2.75, 3.05) is 13.1 Å². The molecule has 2 heterocycles. The van der Waals surface area contributed by atoms with Crippen LogP contribution in [0.4, 0.5) is 0 Å². The second-order valence-electron chi connectivity index (χ2n) is 5.09. The van der Waals surface area contributed by atoms with E-state index in [4.69, 9.17) is 10.9 Å². The van der Waals surface area contributed by atoms with Gasteiger partial charge < -0.3 is 15.8 Å². The summed E-state index contributed by atoms with van der Waals surface area (Å²) in [5.41, 5.74) is 6.36. The van der Waals surface area contributed by atoms with E-state index >= 15 is 0 Å². The first-order chi connectivity index (χ1) is 9.65. The minimum atomic E-state index is -0.0470. The zero-order valence-electron chi connectivity index (χ0n) is 11.6. The molecule has 108 valence electrons. The minimum absolute atomic E-state index is 0.0134. The molecule has 3 N–H and O–H groups in total. The summed E-state index contributed by atoms with van der Waals surface area (Å²) in [4.78, 5) is 18.3. The molecular weight excluding hydrogens is 256 g/mol. The van der Waals surface area contributed by atoms with Crippen LogP contribution in [0.15, 0.2) is 23.5 Å². The maximum atomic E-state index is 12.4. The summed E-state index contributed by atoms with van der Waals surface area (Å²) in [6, 6.07) is 3.25. The lowest BCUT2D eigenvalue weighted by atomic mass is 9.95. The molecule has 0 spiro atoms. The van der Waals surface area contributed by atoms with Gasteiger partial charge in [0.15, 0.2) is 5.84 Å². The average molecular weight is 276 g/mol. The molecule has 0 aliphatic carbocycles. The third-order valence-electron chi connectivity index (χ3n) is 3.77. The monoisotopic (exact) mass is 276 g/mol. The number of amides is 1. The largest absolute Gasteiger partial charge is 0.409 e. The van der Waals surface area contributed by atoms with Crippen molar-refractivity contribution in [3.63, 3.8) is 0 Å². The Hall–Kier alpha value is -2.11. The van der Waals surface area contributed by atoms with Crippen LogP contribution in [0.1, 0.15) is 42.2 Å². The van der Waals surface area contributed by atoms with Crippen LogP contribution >= 0.6 is 0 Å². The van der Waals surface area contributed by atoms with Gasteiger partial charge >= 0.3 is 0 Å². The van der Waals surface area contributed by atoms with Crippen LogP contribution in [0.25, 0.3) is 0 Å². The Morgan fingerprint density at radius 1 is 1.60 bits per heavy atom. The quantitative estimate of drug-likeness (QED) is 0.378. The van der Waals surface area contributed by atoms with E-state index in [1.54, 1.807) is 12.1 Å². The Kier molecular flexibility index (Phi) is 4.55. The molecule has 1 amide bonds. The summed E-state index contributed by atoms with van der Waals surface area (Å²) in [6.45, 7) is 3.75. The summed E-state index contributed by atoms with van der Waals surface area (Å²) in [5, 5.41) is 11.5. The van der Waals surface area contributed by atoms with Gasteiger partial charge in [-0.25, -0.2) is 0 Å². The molecule has 1 unspecified atom stereocenters. The number of likely N-dealkylation sites (tertiary alicyclic amines) is 1. The van der Waals surface area contributed by atoms with Crippen molar-refractivity contribution in [3.8, 4) is 0 Å². The second kappa shape index (κ2) is 6.36. The lowest BCUT2D eigenvalue weighted by Gasteiger charge is -2.32. The van der Waals surface area contributed by atoms with Crippen molar-refractivity contribution in [1.82, 2.24) is 9.88 Å². The van der Waals surface area contributed by atoms with Crippen molar-refractivity contribution >= 4 is 11.7 Å². The Balaban J connectivity index is 2.09. The fourth-order valence-electron chi connectivity index (χ4n) is 2.47. The summed E-state index contributed by atoms with van der Waals surface area (Å²) < 4.78 is 0. The zero-order chi connectivity index (χ0) is 14.5. The van der Waals surface area contributed by atoms with Gasteiger partial charge in [-0.15, -0.1) is 0 Å². The first-order valence-electron chi connectivity index (χ1n) is 6.89. The van der Waals surface area contributed by atoms with Gasteiger partial charge in [-0.05, 0) is 30.9 Å². The Morgan fingerprint density at radius 2 is 2.40 bits per heavy atom. The molecule has 1 aromatic rings. The molecule has 0 aromatic carbocycles. The smallest absolute Gasteiger partial charge is 0.272 e. The summed E-state index contributed by atoms with van der Waals surface area (Å²) in [7, 11) is 0. The normalized spacial score (nSPS) is 19.9. The van der Waals surface area contributed by atoms with Crippen LogP contribution in [0.3, 0.4) is 0 Å². The number of hydrogen-bond acceptors (Lipinski definition) is 4. The molecule has 1 atom stereocenters. The molecule has 20 heavy (non-hydrogen) atoms. The highest BCUT2D eigenvalue weighted by Gasteiger charge is 2.24. The van der Waals surface area contributed by atoms with Crippen LogP contribution in [0.2, 0.25) is 0 Å². The molecule has 0 radical (unpaired) electrons. The van der Waals surface area contributed by atoms with Gasteiger partial charge in [0, 0.05) is 24.8 Å². The first kappa shape index (κ1) is 14.3. The molecule has 1 fully saturated rings. The lowest BCUT2D eigenvalue weighted by molar-refractivity contribution is 0.0665. The van der Waals surface area contributed by atoms with Crippen molar-refractivity contribution in [1.29, 1.82) is 0 Å². The third-order valence-corrected chi connectivity index (χ3v) is 3.77. The van der Waals surface area contributed by atoms with Crippen LogP contribution in [0, 0.1) is 5.92 Å². The number of nitrogens with zero attached hydrogens (tertiary/aromatic N) is 3. The van der Waals surface area contributed by atoms with E-state index in [9.17, 15) is 4.79 Å². The predicted molar refractivity (Wildman–Crippen MR) is 75.7 cm³/mol. The highest BCUT2D eigenvalue weighted by atomic mass is 16.4. The van der Waals surface area contributed by atoms with E-state index in [1.165, 1.54) is 12.6 Å². The number of carbonyl (C=O) groups is 1. The molecule has 6 nitrogen and oxygen atoms in total. The number of amidine groups is 1. The highest BCUT2D eigenvalue weighted by molar-refractivity contribution is 5.98. The van der Waals surface area contributed by atoms with Gasteiger partial charge in [-0.1, -0.05) is 18.5 Å². The minimum Gasteiger partial charge on any atom is -0.409 e. The standard InChI is InChI=1S/C14H20N4O2/c1-2-10-4-3-7-18(9-10)14(19)12-6-5-11(8-16-12)13(15)17-20/h5-6,8,10,20H,2-4,7,9H2,1H3,(H2,15,17). The number of pyridine rings is 1. The molecule has 0 bridgehead atoms. The van der Waals surface area contributed by atoms with E-state index < -0.39 is 0 Å². The SMILES string of the molecule is CCC1CCCN(C(=O)c2ccc(C(N)=NO)cn2)C1. The third kappa shape index (κ3) is 3.07. The molecule has 1 aromatic heterocycles. The molecular formula is C14H20N4O2. The number of rotatable bonds is 3. The van der Waals surface area contributed by atoms with Crippen LogP contribution in [-0.4, -0.2) is 39.9 Å². The van der Waals surface area contributed by atoms with Crippen molar-refractivity contribution < 1.29 is 10.0 Å². The number of oxime groups is 1. The van der Waals surface area contributed by atoms with Crippen molar-refractivity contribution in [3.05, 3.63) is 29.6 Å². The topological polar surface area (TPSA) is 91.8 Å². The van der Waals surface area contributed by atoms with E-state index in [0.717, 1.165) is 25.9 Å².